The number of rotatable bonds is 3. The number of carbonyl (C=O) groups is 1. The van der Waals surface area contributed by atoms with E-state index in [0.29, 0.717) is 12.6 Å². The van der Waals surface area contributed by atoms with Crippen LogP contribution in [0.2, 0.25) is 0 Å². The Hall–Kier alpha value is -2.12. The van der Waals surface area contributed by atoms with E-state index in [2.05, 4.69) is 26.6 Å². The van der Waals surface area contributed by atoms with Crippen molar-refractivity contribution < 1.29 is 13.9 Å². The second kappa shape index (κ2) is 8.43. The van der Waals surface area contributed by atoms with E-state index in [1.807, 2.05) is 17.9 Å². The van der Waals surface area contributed by atoms with Crippen molar-refractivity contribution in [2.45, 2.75) is 44.1 Å². The number of hydrogen-bond acceptors (Lipinski definition) is 5. The molecule has 0 unspecified atom stereocenters. The van der Waals surface area contributed by atoms with Gasteiger partial charge in [-0.1, -0.05) is 0 Å². The van der Waals surface area contributed by atoms with E-state index >= 15 is 0 Å². The first-order valence-electron chi connectivity index (χ1n) is 11.4. The fourth-order valence-electron chi connectivity index (χ4n) is 5.66. The second-order valence-corrected chi connectivity index (χ2v) is 9.74. The first-order valence-corrected chi connectivity index (χ1v) is 12.3. The summed E-state index contributed by atoms with van der Waals surface area (Å²) in [6, 6.07) is 7.99. The van der Waals surface area contributed by atoms with E-state index in [4.69, 9.17) is 4.74 Å². The van der Waals surface area contributed by atoms with E-state index in [0.717, 1.165) is 64.1 Å². The third kappa shape index (κ3) is 3.82. The summed E-state index contributed by atoms with van der Waals surface area (Å²) < 4.78 is 19.4. The molecule has 0 aliphatic carbocycles. The summed E-state index contributed by atoms with van der Waals surface area (Å²) in [5.41, 5.74) is 3.57. The lowest BCUT2D eigenvalue weighted by molar-refractivity contribution is 0.0581. The number of fused-ring (bicyclic) bond motifs is 2. The number of anilines is 2. The van der Waals surface area contributed by atoms with Gasteiger partial charge >= 0.3 is 6.09 Å². The third-order valence-electron chi connectivity index (χ3n) is 7.36. The van der Waals surface area contributed by atoms with Crippen molar-refractivity contribution >= 4 is 28.8 Å². The van der Waals surface area contributed by atoms with Crippen molar-refractivity contribution in [1.82, 2.24) is 9.80 Å². The minimum absolute atomic E-state index is 0.0154. The van der Waals surface area contributed by atoms with Gasteiger partial charge in [0.25, 0.3) is 0 Å². The molecule has 1 aromatic carbocycles. The van der Waals surface area contributed by atoms with Crippen molar-refractivity contribution in [3.8, 4) is 0 Å². The highest BCUT2D eigenvalue weighted by molar-refractivity contribution is 7.08. The van der Waals surface area contributed by atoms with Crippen LogP contribution in [0.5, 0.6) is 0 Å². The molecule has 31 heavy (non-hydrogen) atoms. The Kier molecular flexibility index (Phi) is 5.65. The van der Waals surface area contributed by atoms with Crippen LogP contribution >= 0.6 is 11.3 Å². The molecule has 166 valence electrons. The summed E-state index contributed by atoms with van der Waals surface area (Å²) >= 11 is 1.70. The molecule has 1 aromatic heterocycles. The minimum atomic E-state index is -0.184. The summed E-state index contributed by atoms with van der Waals surface area (Å²) in [5, 5.41) is 4.29. The van der Waals surface area contributed by atoms with Gasteiger partial charge in [-0.2, -0.15) is 11.3 Å². The predicted molar refractivity (Wildman–Crippen MR) is 122 cm³/mol. The van der Waals surface area contributed by atoms with Crippen LogP contribution in [0.4, 0.5) is 20.6 Å². The number of nitrogens with zero attached hydrogens (tertiary/aromatic N) is 3. The Morgan fingerprint density at radius 1 is 1.19 bits per heavy atom. The Morgan fingerprint density at radius 3 is 2.65 bits per heavy atom. The molecule has 2 fully saturated rings. The standard InChI is InChI=1S/C24H30FN3O2S/c1-2-30-23(29)27-10-5-19(6-11-27)26-12-8-24(9-13-26)17-28(20-7-14-31-16-20)22-4-3-18(25)15-21(22)24/h3-4,7,14-16,19H,2,5-6,8-13,17H2,1H3. The van der Waals surface area contributed by atoms with Crippen molar-refractivity contribution in [2.24, 2.45) is 0 Å². The number of piperidine rings is 2. The van der Waals surface area contributed by atoms with Gasteiger partial charge in [-0.25, -0.2) is 9.18 Å². The summed E-state index contributed by atoms with van der Waals surface area (Å²) in [5.74, 6) is -0.140. The van der Waals surface area contributed by atoms with Crippen molar-refractivity contribution in [1.29, 1.82) is 0 Å². The number of likely N-dealkylation sites (tertiary alicyclic amines) is 2. The van der Waals surface area contributed by atoms with Gasteiger partial charge in [-0.15, -0.1) is 0 Å². The minimum Gasteiger partial charge on any atom is -0.450 e. The van der Waals surface area contributed by atoms with E-state index in [9.17, 15) is 9.18 Å². The Bertz CT molecular complexity index is 919. The zero-order chi connectivity index (χ0) is 21.4. The van der Waals surface area contributed by atoms with Gasteiger partial charge in [0.15, 0.2) is 0 Å². The molecule has 0 bridgehead atoms. The fourth-order valence-corrected chi connectivity index (χ4v) is 6.30. The van der Waals surface area contributed by atoms with Crippen LogP contribution in [-0.2, 0) is 10.2 Å². The molecule has 5 nitrogen and oxygen atoms in total. The first-order chi connectivity index (χ1) is 15.1. The molecule has 4 heterocycles. The van der Waals surface area contributed by atoms with E-state index in [1.54, 1.807) is 23.5 Å². The van der Waals surface area contributed by atoms with Crippen molar-refractivity contribution in [3.63, 3.8) is 0 Å². The quantitative estimate of drug-likeness (QED) is 0.669. The largest absolute Gasteiger partial charge is 0.450 e. The van der Waals surface area contributed by atoms with Crippen molar-refractivity contribution in [3.05, 3.63) is 46.4 Å². The third-order valence-corrected chi connectivity index (χ3v) is 8.03. The summed E-state index contributed by atoms with van der Waals surface area (Å²) in [4.78, 5) is 18.8. The monoisotopic (exact) mass is 443 g/mol. The fraction of sp³-hybridized carbons (Fsp3) is 0.542. The number of halogens is 1. The van der Waals surface area contributed by atoms with Crippen LogP contribution in [-0.4, -0.2) is 61.3 Å². The number of ether oxygens (including phenoxy) is 1. The Labute approximate surface area is 187 Å². The zero-order valence-electron chi connectivity index (χ0n) is 18.1. The highest BCUT2D eigenvalue weighted by Crippen LogP contribution is 2.50. The molecule has 1 spiro atoms. The maximum absolute atomic E-state index is 14.2. The molecule has 5 rings (SSSR count). The molecule has 2 saturated heterocycles. The molecule has 3 aliphatic rings. The van der Waals surface area contributed by atoms with Crippen LogP contribution in [0.1, 0.15) is 38.2 Å². The molecule has 0 saturated carbocycles. The topological polar surface area (TPSA) is 36.0 Å². The Balaban J connectivity index is 1.27. The van der Waals surface area contributed by atoms with Gasteiger partial charge in [0.1, 0.15) is 5.82 Å². The molecular formula is C24H30FN3O2S. The average molecular weight is 444 g/mol. The molecule has 3 aliphatic heterocycles. The lowest BCUT2D eigenvalue weighted by atomic mass is 9.74. The van der Waals surface area contributed by atoms with Gasteiger partial charge in [0.2, 0.25) is 0 Å². The highest BCUT2D eigenvalue weighted by atomic mass is 32.1. The summed E-state index contributed by atoms with van der Waals surface area (Å²) in [7, 11) is 0. The predicted octanol–water partition coefficient (Wildman–Crippen LogP) is 4.99. The molecule has 7 heteroatoms. The van der Waals surface area contributed by atoms with Gasteiger partial charge in [0, 0.05) is 42.2 Å². The van der Waals surface area contributed by atoms with E-state index in [1.165, 1.54) is 11.3 Å². The Morgan fingerprint density at radius 2 is 1.97 bits per heavy atom. The van der Waals surface area contributed by atoms with Gasteiger partial charge in [-0.3, -0.25) is 0 Å². The smallest absolute Gasteiger partial charge is 0.409 e. The molecule has 1 amide bonds. The molecular weight excluding hydrogens is 413 g/mol. The number of carbonyl (C=O) groups excluding carboxylic acids is 1. The number of amides is 1. The SMILES string of the molecule is CCOC(=O)N1CCC(N2CCC3(CC2)CN(c2ccsc2)c2ccc(F)cc23)CC1. The molecule has 2 aromatic rings. The van der Waals surface area contributed by atoms with E-state index in [-0.39, 0.29) is 17.3 Å². The lowest BCUT2D eigenvalue weighted by Crippen LogP contribution is -2.52. The first kappa shape index (κ1) is 20.8. The van der Waals surface area contributed by atoms with Crippen LogP contribution in [0.3, 0.4) is 0 Å². The summed E-state index contributed by atoms with van der Waals surface area (Å²) in [6.45, 7) is 6.79. The van der Waals surface area contributed by atoms with Crippen LogP contribution < -0.4 is 4.90 Å². The lowest BCUT2D eigenvalue weighted by Gasteiger charge is -2.45. The summed E-state index contributed by atoms with van der Waals surface area (Å²) in [6.07, 6.45) is 3.90. The molecule has 0 atom stereocenters. The van der Waals surface area contributed by atoms with Gasteiger partial charge in [-0.05, 0) is 80.9 Å². The van der Waals surface area contributed by atoms with Gasteiger partial charge < -0.3 is 19.4 Å². The van der Waals surface area contributed by atoms with Crippen molar-refractivity contribution in [2.75, 3.05) is 44.2 Å². The maximum atomic E-state index is 14.2. The molecule has 0 N–H and O–H groups in total. The normalized spacial score (nSPS) is 21.5. The van der Waals surface area contributed by atoms with E-state index < -0.39 is 0 Å². The second-order valence-electron chi connectivity index (χ2n) is 8.96. The van der Waals surface area contributed by atoms with Gasteiger partial charge in [0.05, 0.1) is 12.3 Å². The maximum Gasteiger partial charge on any atom is 0.409 e. The van der Waals surface area contributed by atoms with Crippen LogP contribution in [0.25, 0.3) is 0 Å². The zero-order valence-corrected chi connectivity index (χ0v) is 18.9. The highest BCUT2D eigenvalue weighted by Gasteiger charge is 2.46. The number of benzene rings is 1. The number of thiophene rings is 1. The molecule has 0 radical (unpaired) electrons. The van der Waals surface area contributed by atoms with Crippen LogP contribution in [0.15, 0.2) is 35.0 Å². The van der Waals surface area contributed by atoms with Crippen LogP contribution in [0, 0.1) is 5.82 Å². The average Bonchev–Trinajstić information content (AvgIpc) is 3.42. The number of hydrogen-bond donors (Lipinski definition) is 0.